The second kappa shape index (κ2) is 7.48. The van der Waals surface area contributed by atoms with Crippen molar-refractivity contribution in [3.63, 3.8) is 0 Å². The first kappa shape index (κ1) is 17.8. The van der Waals surface area contributed by atoms with E-state index in [1.54, 1.807) is 21.1 Å². The van der Waals surface area contributed by atoms with Crippen LogP contribution in [0.25, 0.3) is 11.4 Å². The molecule has 0 atom stereocenters. The number of hydrogen-bond donors (Lipinski definition) is 1. The van der Waals surface area contributed by atoms with Crippen molar-refractivity contribution in [3.05, 3.63) is 45.3 Å². The van der Waals surface area contributed by atoms with Crippen LogP contribution in [0.2, 0.25) is 0 Å². The van der Waals surface area contributed by atoms with Gasteiger partial charge < -0.3 is 10.1 Å². The van der Waals surface area contributed by atoms with E-state index >= 15 is 0 Å². The molecule has 136 valence electrons. The predicted octanol–water partition coefficient (Wildman–Crippen LogP) is 0.847. The third-order valence-corrected chi connectivity index (χ3v) is 4.68. The maximum absolute atomic E-state index is 12.4. The molecule has 10 heteroatoms. The summed E-state index contributed by atoms with van der Waals surface area (Å²) >= 11 is 1.04. The minimum absolute atomic E-state index is 0.249. The highest BCUT2D eigenvalue weighted by atomic mass is 32.1. The van der Waals surface area contributed by atoms with Crippen LogP contribution in [0, 0.1) is 6.92 Å². The van der Waals surface area contributed by atoms with Gasteiger partial charge in [0.2, 0.25) is 0 Å². The van der Waals surface area contributed by atoms with E-state index in [0.29, 0.717) is 16.4 Å². The summed E-state index contributed by atoms with van der Waals surface area (Å²) in [5, 5.41) is 10.9. The summed E-state index contributed by atoms with van der Waals surface area (Å²) in [6.45, 7) is 2.26. The number of ether oxygens (including phenoxy) is 1. The van der Waals surface area contributed by atoms with Gasteiger partial charge in [0.1, 0.15) is 10.6 Å². The van der Waals surface area contributed by atoms with Gasteiger partial charge in [-0.2, -0.15) is 0 Å². The second-order valence-electron chi connectivity index (χ2n) is 5.56. The largest absolute Gasteiger partial charge is 0.497 e. The molecule has 2 heterocycles. The molecule has 0 radical (unpaired) electrons. The average Bonchev–Trinajstić information content (AvgIpc) is 3.20. The van der Waals surface area contributed by atoms with Crippen LogP contribution in [0.1, 0.15) is 15.4 Å². The first-order valence-corrected chi connectivity index (χ1v) is 8.64. The van der Waals surface area contributed by atoms with Gasteiger partial charge in [-0.15, -0.1) is 10.2 Å². The van der Waals surface area contributed by atoms with E-state index in [1.807, 2.05) is 24.3 Å². The van der Waals surface area contributed by atoms with Crippen molar-refractivity contribution < 1.29 is 9.53 Å². The third-order valence-electron chi connectivity index (χ3n) is 3.86. The lowest BCUT2D eigenvalue weighted by atomic mass is 10.2. The molecule has 0 aliphatic heterocycles. The minimum atomic E-state index is -0.253. The number of nitrogens with zero attached hydrogens (tertiary/aromatic N) is 5. The number of nitrogens with one attached hydrogen (secondary N) is 1. The van der Waals surface area contributed by atoms with Gasteiger partial charge in [-0.1, -0.05) is 4.49 Å². The minimum Gasteiger partial charge on any atom is -0.497 e. The lowest BCUT2D eigenvalue weighted by Crippen LogP contribution is -2.31. The van der Waals surface area contributed by atoms with Crippen molar-refractivity contribution in [2.75, 3.05) is 13.7 Å². The van der Waals surface area contributed by atoms with E-state index in [-0.39, 0.29) is 24.7 Å². The number of hydrogen-bond acceptors (Lipinski definition) is 7. The van der Waals surface area contributed by atoms with E-state index < -0.39 is 0 Å². The summed E-state index contributed by atoms with van der Waals surface area (Å²) in [5.41, 5.74) is 1.14. The molecule has 26 heavy (non-hydrogen) atoms. The molecule has 3 rings (SSSR count). The summed E-state index contributed by atoms with van der Waals surface area (Å²) in [7, 11) is 3.26. The van der Waals surface area contributed by atoms with Gasteiger partial charge in [-0.3, -0.25) is 9.36 Å². The number of carbonyl (C=O) groups is 1. The molecule has 1 N–H and O–H groups in total. The Hall–Kier alpha value is -3.01. The van der Waals surface area contributed by atoms with Crippen molar-refractivity contribution in [1.29, 1.82) is 0 Å². The second-order valence-corrected chi connectivity index (χ2v) is 6.31. The van der Waals surface area contributed by atoms with Crippen LogP contribution in [-0.2, 0) is 13.6 Å². The zero-order valence-electron chi connectivity index (χ0n) is 14.6. The van der Waals surface area contributed by atoms with Crippen LogP contribution < -0.4 is 15.7 Å². The van der Waals surface area contributed by atoms with E-state index in [0.717, 1.165) is 22.8 Å². The molecule has 0 bridgehead atoms. The molecule has 0 unspecified atom stereocenters. The summed E-state index contributed by atoms with van der Waals surface area (Å²) in [5.74, 6) is 1.03. The fourth-order valence-electron chi connectivity index (χ4n) is 2.42. The first-order valence-electron chi connectivity index (χ1n) is 7.86. The molecular weight excluding hydrogens is 356 g/mol. The van der Waals surface area contributed by atoms with E-state index in [4.69, 9.17) is 4.74 Å². The number of benzene rings is 1. The Morgan fingerprint density at radius 3 is 2.65 bits per heavy atom. The predicted molar refractivity (Wildman–Crippen MR) is 96.4 cm³/mol. The molecule has 3 aromatic rings. The SMILES string of the molecule is COc1ccc(-c2nn(CCNC(=O)c3snnc3C)c(=O)n2C)cc1. The summed E-state index contributed by atoms with van der Waals surface area (Å²) < 4.78 is 11.7. The summed E-state index contributed by atoms with van der Waals surface area (Å²) in [6.07, 6.45) is 0. The molecule has 0 spiro atoms. The smallest absolute Gasteiger partial charge is 0.345 e. The molecule has 0 fully saturated rings. The van der Waals surface area contributed by atoms with Gasteiger partial charge in [0.05, 0.1) is 19.3 Å². The number of amides is 1. The van der Waals surface area contributed by atoms with Crippen molar-refractivity contribution in [2.45, 2.75) is 13.5 Å². The number of methoxy groups -OCH3 is 1. The quantitative estimate of drug-likeness (QED) is 0.686. The van der Waals surface area contributed by atoms with Gasteiger partial charge in [-0.25, -0.2) is 9.48 Å². The van der Waals surface area contributed by atoms with Crippen molar-refractivity contribution in [2.24, 2.45) is 7.05 Å². The maximum atomic E-state index is 12.4. The number of rotatable bonds is 6. The number of aromatic nitrogens is 5. The molecular formula is C16H18N6O3S. The Kier molecular flexibility index (Phi) is 5.12. The van der Waals surface area contributed by atoms with Crippen LogP contribution in [0.3, 0.4) is 0 Å². The summed E-state index contributed by atoms with van der Waals surface area (Å²) in [4.78, 5) is 24.9. The molecule has 9 nitrogen and oxygen atoms in total. The van der Waals surface area contributed by atoms with Crippen molar-refractivity contribution in [1.82, 2.24) is 29.3 Å². The third kappa shape index (κ3) is 3.49. The van der Waals surface area contributed by atoms with Gasteiger partial charge >= 0.3 is 5.69 Å². The highest BCUT2D eigenvalue weighted by Crippen LogP contribution is 2.19. The molecule has 2 aromatic heterocycles. The van der Waals surface area contributed by atoms with Crippen molar-refractivity contribution >= 4 is 17.4 Å². The van der Waals surface area contributed by atoms with Crippen molar-refractivity contribution in [3.8, 4) is 17.1 Å². The normalized spacial score (nSPS) is 10.7. The average molecular weight is 374 g/mol. The molecule has 0 saturated carbocycles. The Bertz CT molecular complexity index is 973. The fraction of sp³-hybridized carbons (Fsp3) is 0.312. The Labute approximate surface area is 153 Å². The Morgan fingerprint density at radius 1 is 1.31 bits per heavy atom. The summed E-state index contributed by atoms with van der Waals surface area (Å²) in [6, 6.07) is 7.30. The standard InChI is InChI=1S/C16H18N6O3S/c1-10-13(26-20-18-10)15(23)17-8-9-22-16(24)21(2)14(19-22)11-4-6-12(25-3)7-5-11/h4-7H,8-9H2,1-3H3,(H,17,23). The lowest BCUT2D eigenvalue weighted by molar-refractivity contribution is 0.0955. The number of aryl methyl sites for hydroxylation is 1. The van der Waals surface area contributed by atoms with Crippen LogP contribution in [-0.4, -0.2) is 43.5 Å². The fourth-order valence-corrected chi connectivity index (χ4v) is 2.99. The van der Waals surface area contributed by atoms with E-state index in [9.17, 15) is 9.59 Å². The van der Waals surface area contributed by atoms with Crippen LogP contribution in [0.5, 0.6) is 5.75 Å². The monoisotopic (exact) mass is 374 g/mol. The highest BCUT2D eigenvalue weighted by Gasteiger charge is 2.14. The first-order chi connectivity index (χ1) is 12.5. The topological polar surface area (TPSA) is 104 Å². The Morgan fingerprint density at radius 2 is 2.04 bits per heavy atom. The van der Waals surface area contributed by atoms with Crippen LogP contribution in [0.15, 0.2) is 29.1 Å². The van der Waals surface area contributed by atoms with E-state index in [2.05, 4.69) is 20.0 Å². The molecule has 1 aromatic carbocycles. The van der Waals surface area contributed by atoms with Gasteiger partial charge in [0.25, 0.3) is 5.91 Å². The molecule has 0 aliphatic carbocycles. The zero-order valence-corrected chi connectivity index (χ0v) is 15.4. The molecule has 1 amide bonds. The molecule has 0 saturated heterocycles. The highest BCUT2D eigenvalue weighted by molar-refractivity contribution is 7.07. The lowest BCUT2D eigenvalue weighted by Gasteiger charge is -2.03. The zero-order chi connectivity index (χ0) is 18.7. The number of carbonyl (C=O) groups excluding carboxylic acids is 1. The van der Waals surface area contributed by atoms with Crippen LogP contribution in [0.4, 0.5) is 0 Å². The Balaban J connectivity index is 1.70. The molecule has 0 aliphatic rings. The maximum Gasteiger partial charge on any atom is 0.345 e. The van der Waals surface area contributed by atoms with Crippen LogP contribution >= 0.6 is 11.5 Å². The van der Waals surface area contributed by atoms with Gasteiger partial charge in [0, 0.05) is 19.2 Å². The van der Waals surface area contributed by atoms with E-state index in [1.165, 1.54) is 9.25 Å². The van der Waals surface area contributed by atoms with Gasteiger partial charge in [0.15, 0.2) is 5.82 Å². The van der Waals surface area contributed by atoms with Gasteiger partial charge in [-0.05, 0) is 42.7 Å².